The van der Waals surface area contributed by atoms with E-state index in [0.717, 1.165) is 37.6 Å². The number of halogens is 1. The standard InChI is InChI=1S/C24H29N9O2S.ClH/c25-17-4-2-7-33(15-17)23-28-14-19(20(26)34)21(30-23)29-18-5-1-3-16(13-18)22(35)31-8-10-32(11-9-31)24-27-6-12-36-24;/h1,3,5-6,12-14,17H,2,4,7-11,15,25H2,(H2,26,34)(H,28,29,30);1H. The summed E-state index contributed by atoms with van der Waals surface area (Å²) in [5.74, 6) is 0.110. The maximum Gasteiger partial charge on any atom is 0.254 e. The van der Waals surface area contributed by atoms with Gasteiger partial charge in [-0.25, -0.2) is 9.97 Å². The SMILES string of the molecule is Cl.NC(=O)c1cnc(N2CCCC(N)C2)nc1Nc1cccc(C(=O)N2CCN(c3nccs3)CC2)c1. The first-order valence-corrected chi connectivity index (χ1v) is 12.8. The van der Waals surface area contributed by atoms with E-state index in [1.807, 2.05) is 21.2 Å². The number of benzene rings is 1. The fraction of sp³-hybridized carbons (Fsp3) is 0.375. The number of carbonyl (C=O) groups excluding carboxylic acids is 2. The average molecular weight is 544 g/mol. The van der Waals surface area contributed by atoms with Crippen LogP contribution < -0.4 is 26.6 Å². The Bertz CT molecular complexity index is 1230. The second kappa shape index (κ2) is 11.7. The molecule has 1 aromatic carbocycles. The highest BCUT2D eigenvalue weighted by Crippen LogP contribution is 2.24. The van der Waals surface area contributed by atoms with Gasteiger partial charge in [-0.15, -0.1) is 23.7 Å². The number of primary amides is 1. The molecule has 2 aromatic heterocycles. The molecule has 0 spiro atoms. The molecule has 0 bridgehead atoms. The fourth-order valence-electron chi connectivity index (χ4n) is 4.51. The number of anilines is 4. The van der Waals surface area contributed by atoms with Gasteiger partial charge in [-0.3, -0.25) is 9.59 Å². The van der Waals surface area contributed by atoms with Crippen LogP contribution >= 0.6 is 23.7 Å². The molecule has 1 atom stereocenters. The van der Waals surface area contributed by atoms with Gasteiger partial charge in [0.25, 0.3) is 11.8 Å². The largest absolute Gasteiger partial charge is 0.365 e. The van der Waals surface area contributed by atoms with Gasteiger partial charge in [0.1, 0.15) is 11.4 Å². The van der Waals surface area contributed by atoms with Crippen LogP contribution in [0.3, 0.4) is 0 Å². The molecule has 13 heteroatoms. The molecule has 2 aliphatic rings. The van der Waals surface area contributed by atoms with Crippen molar-refractivity contribution in [3.63, 3.8) is 0 Å². The van der Waals surface area contributed by atoms with Gasteiger partial charge in [0, 0.05) is 74.3 Å². The molecule has 3 aromatic rings. The van der Waals surface area contributed by atoms with Crippen molar-refractivity contribution in [2.24, 2.45) is 11.5 Å². The number of nitrogens with one attached hydrogen (secondary N) is 1. The number of hydrogen-bond donors (Lipinski definition) is 3. The molecule has 2 saturated heterocycles. The Labute approximate surface area is 225 Å². The Hall–Kier alpha value is -3.48. The van der Waals surface area contributed by atoms with Crippen LogP contribution in [-0.4, -0.2) is 77.0 Å². The summed E-state index contributed by atoms with van der Waals surface area (Å²) in [6.07, 6.45) is 5.14. The second-order valence-corrected chi connectivity index (χ2v) is 9.82. The summed E-state index contributed by atoms with van der Waals surface area (Å²) in [5.41, 5.74) is 13.1. The molecule has 2 amide bonds. The predicted molar refractivity (Wildman–Crippen MR) is 147 cm³/mol. The van der Waals surface area contributed by atoms with E-state index in [2.05, 4.69) is 25.2 Å². The number of aromatic nitrogens is 3. The molecule has 0 radical (unpaired) electrons. The molecular weight excluding hydrogens is 514 g/mol. The quantitative estimate of drug-likeness (QED) is 0.425. The van der Waals surface area contributed by atoms with Crippen LogP contribution in [0, 0.1) is 0 Å². The third-order valence-electron chi connectivity index (χ3n) is 6.41. The number of rotatable bonds is 6. The normalized spacial score (nSPS) is 17.8. The average Bonchev–Trinajstić information content (AvgIpc) is 3.43. The maximum atomic E-state index is 13.2. The number of nitrogens with zero attached hydrogens (tertiary/aromatic N) is 6. The number of amides is 2. The first-order valence-electron chi connectivity index (χ1n) is 12.0. The maximum absolute atomic E-state index is 13.2. The Morgan fingerprint density at radius 1 is 1.08 bits per heavy atom. The van der Waals surface area contributed by atoms with Gasteiger partial charge in [-0.1, -0.05) is 6.07 Å². The van der Waals surface area contributed by atoms with Crippen LogP contribution in [0.1, 0.15) is 33.6 Å². The lowest BCUT2D eigenvalue weighted by Crippen LogP contribution is -2.48. The Kier molecular flexibility index (Phi) is 8.41. The molecule has 0 saturated carbocycles. The van der Waals surface area contributed by atoms with E-state index < -0.39 is 5.91 Å². The van der Waals surface area contributed by atoms with Crippen molar-refractivity contribution in [2.75, 3.05) is 54.4 Å². The summed E-state index contributed by atoms with van der Waals surface area (Å²) in [7, 11) is 0. The second-order valence-electron chi connectivity index (χ2n) is 8.94. The zero-order valence-electron chi connectivity index (χ0n) is 20.2. The van der Waals surface area contributed by atoms with Crippen LogP contribution in [0.4, 0.5) is 22.6 Å². The van der Waals surface area contributed by atoms with Gasteiger partial charge in [-0.2, -0.15) is 4.98 Å². The molecule has 0 aliphatic carbocycles. The Morgan fingerprint density at radius 3 is 2.59 bits per heavy atom. The highest BCUT2D eigenvalue weighted by molar-refractivity contribution is 7.13. The smallest absolute Gasteiger partial charge is 0.254 e. The van der Waals surface area contributed by atoms with Crippen molar-refractivity contribution in [1.29, 1.82) is 0 Å². The van der Waals surface area contributed by atoms with Crippen LogP contribution in [-0.2, 0) is 0 Å². The third-order valence-corrected chi connectivity index (χ3v) is 7.24. The topological polar surface area (TPSA) is 147 Å². The van der Waals surface area contributed by atoms with E-state index in [4.69, 9.17) is 11.5 Å². The van der Waals surface area contributed by atoms with Gasteiger partial charge in [0.15, 0.2) is 5.13 Å². The number of piperidine rings is 1. The van der Waals surface area contributed by atoms with Gasteiger partial charge < -0.3 is 31.5 Å². The molecule has 196 valence electrons. The van der Waals surface area contributed by atoms with Crippen LogP contribution in [0.2, 0.25) is 0 Å². The molecule has 4 heterocycles. The summed E-state index contributed by atoms with van der Waals surface area (Å²) in [5, 5.41) is 6.11. The highest BCUT2D eigenvalue weighted by atomic mass is 35.5. The van der Waals surface area contributed by atoms with Gasteiger partial charge in [0.05, 0.1) is 0 Å². The summed E-state index contributed by atoms with van der Waals surface area (Å²) in [4.78, 5) is 44.6. The van der Waals surface area contributed by atoms with Crippen molar-refractivity contribution in [2.45, 2.75) is 18.9 Å². The molecule has 2 fully saturated rings. The third kappa shape index (κ3) is 6.09. The number of thiazole rings is 1. The van der Waals surface area contributed by atoms with Crippen LogP contribution in [0.15, 0.2) is 42.0 Å². The summed E-state index contributed by atoms with van der Waals surface area (Å²) < 4.78 is 0. The minimum absolute atomic E-state index is 0. The minimum Gasteiger partial charge on any atom is -0.365 e. The lowest BCUT2D eigenvalue weighted by Gasteiger charge is -2.34. The molecule has 5 N–H and O–H groups in total. The van der Waals surface area contributed by atoms with Crippen LogP contribution in [0.5, 0.6) is 0 Å². The van der Waals surface area contributed by atoms with E-state index >= 15 is 0 Å². The van der Waals surface area contributed by atoms with E-state index in [0.29, 0.717) is 42.7 Å². The molecule has 2 aliphatic heterocycles. The molecule has 5 rings (SSSR count). The zero-order chi connectivity index (χ0) is 25.1. The van der Waals surface area contributed by atoms with E-state index in [1.165, 1.54) is 6.20 Å². The number of hydrogen-bond acceptors (Lipinski definition) is 10. The highest BCUT2D eigenvalue weighted by Gasteiger charge is 2.24. The van der Waals surface area contributed by atoms with Crippen molar-refractivity contribution in [3.05, 3.63) is 53.2 Å². The van der Waals surface area contributed by atoms with Gasteiger partial charge in [-0.05, 0) is 31.0 Å². The fourth-order valence-corrected chi connectivity index (χ4v) is 5.21. The Morgan fingerprint density at radius 2 is 1.89 bits per heavy atom. The van der Waals surface area contributed by atoms with Crippen molar-refractivity contribution in [3.8, 4) is 0 Å². The number of piperazine rings is 1. The van der Waals surface area contributed by atoms with E-state index in [-0.39, 0.29) is 29.9 Å². The lowest BCUT2D eigenvalue weighted by molar-refractivity contribution is 0.0746. The molecular formula is C24H30ClN9O2S. The van der Waals surface area contributed by atoms with E-state index in [9.17, 15) is 9.59 Å². The van der Waals surface area contributed by atoms with Crippen molar-refractivity contribution < 1.29 is 9.59 Å². The minimum atomic E-state index is -0.635. The van der Waals surface area contributed by atoms with Gasteiger partial charge in [0.2, 0.25) is 5.95 Å². The molecule has 11 nitrogen and oxygen atoms in total. The lowest BCUT2D eigenvalue weighted by atomic mass is 10.1. The van der Waals surface area contributed by atoms with Crippen LogP contribution in [0.25, 0.3) is 0 Å². The van der Waals surface area contributed by atoms with Crippen molar-refractivity contribution in [1.82, 2.24) is 19.9 Å². The number of carbonyl (C=O) groups is 2. The van der Waals surface area contributed by atoms with Crippen molar-refractivity contribution >= 4 is 58.1 Å². The Balaban J connectivity index is 0.00000320. The summed E-state index contributed by atoms with van der Waals surface area (Å²) in [6.45, 7) is 4.16. The van der Waals surface area contributed by atoms with E-state index in [1.54, 1.807) is 35.7 Å². The predicted octanol–water partition coefficient (Wildman–Crippen LogP) is 2.09. The summed E-state index contributed by atoms with van der Waals surface area (Å²) >= 11 is 1.60. The first-order chi connectivity index (χ1) is 17.5. The summed E-state index contributed by atoms with van der Waals surface area (Å²) in [6, 6.07) is 7.23. The zero-order valence-corrected chi connectivity index (χ0v) is 21.9. The molecule has 1 unspecified atom stereocenters. The number of nitrogens with two attached hydrogens (primary N) is 2. The monoisotopic (exact) mass is 543 g/mol. The van der Waals surface area contributed by atoms with Gasteiger partial charge >= 0.3 is 0 Å². The first kappa shape index (κ1) is 26.6. The molecule has 37 heavy (non-hydrogen) atoms.